The van der Waals surface area contributed by atoms with E-state index in [-0.39, 0.29) is 0 Å². The Bertz CT molecular complexity index is 992. The molecule has 0 fully saturated rings. The van der Waals surface area contributed by atoms with Gasteiger partial charge < -0.3 is 33.7 Å². The number of ether oxygens (including phenoxy) is 6. The van der Waals surface area contributed by atoms with E-state index in [1.165, 1.54) is 0 Å². The van der Waals surface area contributed by atoms with Gasteiger partial charge in [0.05, 0.1) is 0 Å². The normalized spacial score (nSPS) is 21.6. The zero-order valence-corrected chi connectivity index (χ0v) is 18.3. The van der Waals surface area contributed by atoms with Gasteiger partial charge in [-0.1, -0.05) is 18.2 Å². The first kappa shape index (κ1) is 22.3. The summed E-state index contributed by atoms with van der Waals surface area (Å²) in [5.41, 5.74) is 0. The Morgan fingerprint density at radius 2 is 1.15 bits per heavy atom. The monoisotopic (exact) mass is 453 g/mol. The number of aromatic nitrogens is 2. The Kier molecular flexibility index (Phi) is 8.27. The van der Waals surface area contributed by atoms with Crippen LogP contribution >= 0.6 is 0 Å². The van der Waals surface area contributed by atoms with Gasteiger partial charge in [0.15, 0.2) is 5.88 Å². The molecule has 0 aromatic carbocycles. The van der Waals surface area contributed by atoms with Crippen molar-refractivity contribution in [2.75, 3.05) is 46.2 Å². The first-order valence-electron chi connectivity index (χ1n) is 10.9. The molecule has 2 aliphatic heterocycles. The number of pyridine rings is 2. The van der Waals surface area contributed by atoms with Gasteiger partial charge in [-0.15, -0.1) is 0 Å². The van der Waals surface area contributed by atoms with Crippen LogP contribution < -0.4 is 24.3 Å². The van der Waals surface area contributed by atoms with Gasteiger partial charge in [-0.25, -0.2) is 0 Å². The van der Waals surface area contributed by atoms with Crippen molar-refractivity contribution in [2.24, 2.45) is 0 Å². The standard InChI is InChI=1S/C24H27N3O6/c1-5-19-6-4-12-25-20(7-1)29-15-16-31-22-9-3-11-24(27-22)33-18-17-32-23-10-2-8-21(26-23)30-14-13-28-19/h1-3,5-11,25H,4,12-18H2/b5-1-,19-6+,20-7+. The molecule has 0 amide bonds. The van der Waals surface area contributed by atoms with Gasteiger partial charge >= 0.3 is 0 Å². The topological polar surface area (TPSA) is 93.2 Å². The maximum atomic E-state index is 5.83. The number of allylic oxidation sites excluding steroid dienone is 3. The highest BCUT2D eigenvalue weighted by Crippen LogP contribution is 2.16. The average molecular weight is 453 g/mol. The molecule has 0 saturated carbocycles. The van der Waals surface area contributed by atoms with Gasteiger partial charge in [0.25, 0.3) is 0 Å². The van der Waals surface area contributed by atoms with Crippen molar-refractivity contribution in [3.63, 3.8) is 0 Å². The van der Waals surface area contributed by atoms with Crippen molar-refractivity contribution in [1.82, 2.24) is 15.3 Å². The molecule has 0 spiro atoms. The minimum Gasteiger partial charge on any atom is -0.490 e. The lowest BCUT2D eigenvalue weighted by Crippen LogP contribution is -2.19. The van der Waals surface area contributed by atoms with E-state index in [0.29, 0.717) is 69.0 Å². The van der Waals surface area contributed by atoms with Crippen LogP contribution in [0.2, 0.25) is 0 Å². The number of nitrogens with one attached hydrogen (secondary N) is 1. The van der Waals surface area contributed by atoms with Crippen LogP contribution in [0.15, 0.2) is 72.3 Å². The van der Waals surface area contributed by atoms with Gasteiger partial charge in [-0.05, 0) is 24.6 Å². The van der Waals surface area contributed by atoms with Crippen molar-refractivity contribution in [3.05, 3.63) is 72.3 Å². The van der Waals surface area contributed by atoms with Crippen molar-refractivity contribution in [1.29, 1.82) is 0 Å². The minimum absolute atomic E-state index is 0.308. The van der Waals surface area contributed by atoms with Gasteiger partial charge in [-0.3, -0.25) is 0 Å². The van der Waals surface area contributed by atoms with Crippen LogP contribution in [0.1, 0.15) is 6.42 Å². The Labute approximate surface area is 192 Å². The predicted octanol–water partition coefficient (Wildman–Crippen LogP) is 3.01. The third kappa shape index (κ3) is 7.64. The molecule has 0 radical (unpaired) electrons. The molecule has 9 heteroatoms. The molecule has 33 heavy (non-hydrogen) atoms. The quantitative estimate of drug-likeness (QED) is 0.646. The molecule has 1 N–H and O–H groups in total. The summed E-state index contributed by atoms with van der Waals surface area (Å²) < 4.78 is 34.3. The molecule has 4 rings (SSSR count). The summed E-state index contributed by atoms with van der Waals surface area (Å²) >= 11 is 0. The molecule has 174 valence electrons. The fourth-order valence-corrected chi connectivity index (χ4v) is 2.98. The zero-order valence-electron chi connectivity index (χ0n) is 18.3. The lowest BCUT2D eigenvalue weighted by molar-refractivity contribution is 0.139. The summed E-state index contributed by atoms with van der Waals surface area (Å²) in [5.74, 6) is 3.28. The molecule has 2 aromatic heterocycles. The minimum atomic E-state index is 0.308. The molecule has 9 nitrogen and oxygen atoms in total. The second-order valence-electron chi connectivity index (χ2n) is 6.93. The molecule has 2 aromatic rings. The Balaban J connectivity index is 1.43. The first-order chi connectivity index (χ1) is 16.3. The average Bonchev–Trinajstić information content (AvgIpc) is 2.95. The molecule has 0 aliphatic carbocycles. The Morgan fingerprint density at radius 3 is 1.73 bits per heavy atom. The molecule has 0 atom stereocenters. The lowest BCUT2D eigenvalue weighted by Gasteiger charge is -2.13. The SMILES string of the molecule is C1=C\C2=C/CCN\C(=C/1)OCCOc1cccc(n1)OCCOc1cccc(n1)OCCO2. The third-order valence-electron chi connectivity index (χ3n) is 4.47. The van der Waals surface area contributed by atoms with Crippen LogP contribution in [0.3, 0.4) is 0 Å². The molecular weight excluding hydrogens is 426 g/mol. The van der Waals surface area contributed by atoms with Crippen LogP contribution in [-0.2, 0) is 9.47 Å². The van der Waals surface area contributed by atoms with E-state index in [9.17, 15) is 0 Å². The highest BCUT2D eigenvalue weighted by molar-refractivity contribution is 5.22. The second kappa shape index (κ2) is 12.2. The summed E-state index contributed by atoms with van der Waals surface area (Å²) in [6.45, 7) is 2.79. The molecule has 6 bridgehead atoms. The van der Waals surface area contributed by atoms with Crippen LogP contribution in [0.25, 0.3) is 0 Å². The van der Waals surface area contributed by atoms with Crippen LogP contribution in [0.5, 0.6) is 23.5 Å². The van der Waals surface area contributed by atoms with Crippen LogP contribution in [0, 0.1) is 0 Å². The summed E-state index contributed by atoms with van der Waals surface area (Å²) in [7, 11) is 0. The van der Waals surface area contributed by atoms with Crippen molar-refractivity contribution >= 4 is 0 Å². The summed E-state index contributed by atoms with van der Waals surface area (Å²) in [6, 6.07) is 10.7. The molecule has 0 saturated heterocycles. The number of fused-ring (bicyclic) bond motifs is 6. The van der Waals surface area contributed by atoms with Gasteiger partial charge in [-0.2, -0.15) is 9.97 Å². The number of rotatable bonds is 0. The summed E-state index contributed by atoms with van der Waals surface area (Å²) in [5, 5.41) is 3.26. The fraction of sp³-hybridized carbons (Fsp3) is 0.333. The van der Waals surface area contributed by atoms with Crippen molar-refractivity contribution in [2.45, 2.75) is 6.42 Å². The molecular formula is C24H27N3O6. The van der Waals surface area contributed by atoms with E-state index < -0.39 is 0 Å². The maximum Gasteiger partial charge on any atom is 0.216 e. The number of nitrogens with zero attached hydrogens (tertiary/aromatic N) is 2. The zero-order chi connectivity index (χ0) is 22.6. The van der Waals surface area contributed by atoms with E-state index in [1.807, 2.05) is 36.4 Å². The first-order valence-corrected chi connectivity index (χ1v) is 10.9. The summed E-state index contributed by atoms with van der Waals surface area (Å²) in [6.07, 6.45) is 8.44. The third-order valence-corrected chi connectivity index (χ3v) is 4.47. The highest BCUT2D eigenvalue weighted by Gasteiger charge is 2.05. The van der Waals surface area contributed by atoms with E-state index in [2.05, 4.69) is 15.3 Å². The number of hydrogen-bond donors (Lipinski definition) is 1. The predicted molar refractivity (Wildman–Crippen MR) is 120 cm³/mol. The van der Waals surface area contributed by atoms with Crippen LogP contribution in [0.4, 0.5) is 0 Å². The Morgan fingerprint density at radius 1 is 0.636 bits per heavy atom. The van der Waals surface area contributed by atoms with E-state index in [1.54, 1.807) is 24.3 Å². The number of hydrogen-bond acceptors (Lipinski definition) is 9. The molecule has 4 heterocycles. The van der Waals surface area contributed by atoms with E-state index >= 15 is 0 Å². The smallest absolute Gasteiger partial charge is 0.216 e. The van der Waals surface area contributed by atoms with E-state index in [4.69, 9.17) is 28.4 Å². The van der Waals surface area contributed by atoms with Gasteiger partial charge in [0, 0.05) is 30.8 Å². The van der Waals surface area contributed by atoms with Gasteiger partial charge in [0.1, 0.15) is 45.4 Å². The molecule has 0 unspecified atom stereocenters. The van der Waals surface area contributed by atoms with Crippen molar-refractivity contribution < 1.29 is 28.4 Å². The summed E-state index contributed by atoms with van der Waals surface area (Å²) in [4.78, 5) is 8.69. The van der Waals surface area contributed by atoms with E-state index in [0.717, 1.165) is 18.7 Å². The largest absolute Gasteiger partial charge is 0.490 e. The van der Waals surface area contributed by atoms with Gasteiger partial charge in [0.2, 0.25) is 23.5 Å². The van der Waals surface area contributed by atoms with Crippen molar-refractivity contribution in [3.8, 4) is 23.5 Å². The maximum absolute atomic E-state index is 5.83. The lowest BCUT2D eigenvalue weighted by atomic mass is 10.3. The fourth-order valence-electron chi connectivity index (χ4n) is 2.98. The van der Waals surface area contributed by atoms with Crippen LogP contribution in [-0.4, -0.2) is 56.2 Å². The highest BCUT2D eigenvalue weighted by atomic mass is 16.6. The Hall–Kier alpha value is -3.88. The second-order valence-corrected chi connectivity index (χ2v) is 6.93. The molecule has 2 aliphatic rings.